The van der Waals surface area contributed by atoms with Crippen LogP contribution < -0.4 is 0 Å². The molecule has 0 atom stereocenters. The smallest absolute Gasteiger partial charge is 0.198 e. The highest BCUT2D eigenvalue weighted by atomic mass is 32.1. The maximum atomic E-state index is 12.6. The molecule has 5 heteroatoms. The molecule has 0 unspecified atom stereocenters. The van der Waals surface area contributed by atoms with Crippen molar-refractivity contribution in [2.24, 2.45) is 0 Å². The van der Waals surface area contributed by atoms with Crippen LogP contribution in [0.5, 0.6) is 0 Å². The van der Waals surface area contributed by atoms with Gasteiger partial charge < -0.3 is 0 Å². The molecular weight excluding hydrogens is 294 g/mol. The molecule has 0 radical (unpaired) electrons. The van der Waals surface area contributed by atoms with Crippen molar-refractivity contribution >= 4 is 22.8 Å². The highest BCUT2D eigenvalue weighted by Gasteiger charge is 2.17. The topological polar surface area (TPSA) is 47.3 Å². The molecule has 0 amide bonds. The highest BCUT2D eigenvalue weighted by molar-refractivity contribution is 7.08. The van der Waals surface area contributed by atoms with E-state index in [1.165, 1.54) is 0 Å². The van der Waals surface area contributed by atoms with Gasteiger partial charge in [0.15, 0.2) is 11.4 Å². The number of thiophene rings is 1. The molecule has 4 rings (SSSR count). The third-order valence-electron chi connectivity index (χ3n) is 3.50. The highest BCUT2D eigenvalue weighted by Crippen LogP contribution is 2.24. The summed E-state index contributed by atoms with van der Waals surface area (Å²) in [5.74, 6) is -0.0643. The van der Waals surface area contributed by atoms with Crippen LogP contribution in [-0.2, 0) is 0 Å². The van der Waals surface area contributed by atoms with Crippen molar-refractivity contribution in [3.8, 4) is 11.3 Å². The van der Waals surface area contributed by atoms with Crippen LogP contribution in [0.3, 0.4) is 0 Å². The number of ketones is 1. The van der Waals surface area contributed by atoms with Crippen LogP contribution in [0.4, 0.5) is 0 Å². The molecule has 3 aromatic heterocycles. The zero-order chi connectivity index (χ0) is 14.9. The van der Waals surface area contributed by atoms with Crippen molar-refractivity contribution in [1.29, 1.82) is 0 Å². The van der Waals surface area contributed by atoms with Crippen LogP contribution in [0.25, 0.3) is 16.9 Å². The third-order valence-corrected chi connectivity index (χ3v) is 4.18. The Morgan fingerprint density at radius 1 is 1.09 bits per heavy atom. The summed E-state index contributed by atoms with van der Waals surface area (Å²) in [6, 6.07) is 13.1. The quantitative estimate of drug-likeness (QED) is 0.542. The van der Waals surface area contributed by atoms with Gasteiger partial charge in [0.2, 0.25) is 0 Å². The van der Waals surface area contributed by atoms with Gasteiger partial charge in [-0.05, 0) is 17.5 Å². The van der Waals surface area contributed by atoms with Crippen molar-refractivity contribution in [1.82, 2.24) is 14.6 Å². The van der Waals surface area contributed by atoms with E-state index in [0.29, 0.717) is 16.8 Å². The first-order chi connectivity index (χ1) is 10.8. The Kier molecular flexibility index (Phi) is 3.05. The van der Waals surface area contributed by atoms with E-state index in [4.69, 9.17) is 0 Å². The summed E-state index contributed by atoms with van der Waals surface area (Å²) in [4.78, 5) is 17.0. The van der Waals surface area contributed by atoms with E-state index < -0.39 is 0 Å². The van der Waals surface area contributed by atoms with Crippen LogP contribution in [0, 0.1) is 0 Å². The lowest BCUT2D eigenvalue weighted by Crippen LogP contribution is -2.02. The normalized spacial score (nSPS) is 10.9. The third kappa shape index (κ3) is 2.03. The molecule has 0 bridgehead atoms. The van der Waals surface area contributed by atoms with Gasteiger partial charge in [0.1, 0.15) is 0 Å². The molecule has 22 heavy (non-hydrogen) atoms. The van der Waals surface area contributed by atoms with Crippen molar-refractivity contribution in [2.75, 3.05) is 0 Å². The summed E-state index contributed by atoms with van der Waals surface area (Å²) < 4.78 is 1.72. The second-order valence-corrected chi connectivity index (χ2v) is 5.61. The molecule has 0 saturated heterocycles. The SMILES string of the molecule is O=C(c1ccccc1)c1cnn2c(-c3ccsc3)ccnc12. The lowest BCUT2D eigenvalue weighted by atomic mass is 10.1. The van der Waals surface area contributed by atoms with Gasteiger partial charge in [-0.25, -0.2) is 9.50 Å². The summed E-state index contributed by atoms with van der Waals surface area (Å²) in [7, 11) is 0. The molecule has 0 fully saturated rings. The van der Waals surface area contributed by atoms with Crippen molar-refractivity contribution in [3.05, 3.63) is 76.7 Å². The average molecular weight is 305 g/mol. The summed E-state index contributed by atoms with van der Waals surface area (Å²) >= 11 is 1.62. The van der Waals surface area contributed by atoms with E-state index in [1.54, 1.807) is 40.4 Å². The van der Waals surface area contributed by atoms with E-state index in [-0.39, 0.29) is 5.78 Å². The summed E-state index contributed by atoms with van der Waals surface area (Å²) in [5.41, 5.74) is 3.73. The molecule has 106 valence electrons. The molecule has 0 N–H and O–H groups in total. The van der Waals surface area contributed by atoms with Crippen molar-refractivity contribution < 1.29 is 4.79 Å². The largest absolute Gasteiger partial charge is 0.288 e. The molecule has 0 spiro atoms. The number of benzene rings is 1. The van der Waals surface area contributed by atoms with E-state index >= 15 is 0 Å². The number of carbonyl (C=O) groups excluding carboxylic acids is 1. The molecule has 0 saturated carbocycles. The van der Waals surface area contributed by atoms with Gasteiger partial charge in [-0.3, -0.25) is 4.79 Å². The van der Waals surface area contributed by atoms with E-state index in [9.17, 15) is 4.79 Å². The number of fused-ring (bicyclic) bond motifs is 1. The van der Waals surface area contributed by atoms with Crippen LogP contribution in [0.15, 0.2) is 65.6 Å². The summed E-state index contributed by atoms with van der Waals surface area (Å²) in [6.45, 7) is 0. The second kappa shape index (κ2) is 5.20. The van der Waals surface area contributed by atoms with E-state index in [0.717, 1.165) is 11.3 Å². The minimum Gasteiger partial charge on any atom is -0.288 e. The number of hydrogen-bond acceptors (Lipinski definition) is 4. The van der Waals surface area contributed by atoms with Crippen molar-refractivity contribution in [2.45, 2.75) is 0 Å². The number of hydrogen-bond donors (Lipinski definition) is 0. The van der Waals surface area contributed by atoms with Crippen LogP contribution in [0.2, 0.25) is 0 Å². The van der Waals surface area contributed by atoms with Crippen molar-refractivity contribution in [3.63, 3.8) is 0 Å². The predicted molar refractivity (Wildman–Crippen MR) is 86.2 cm³/mol. The molecule has 0 aliphatic heterocycles. The Hall–Kier alpha value is -2.79. The Balaban J connectivity index is 1.88. The van der Waals surface area contributed by atoms with Crippen LogP contribution in [-0.4, -0.2) is 20.4 Å². The molecule has 3 heterocycles. The van der Waals surface area contributed by atoms with Crippen LogP contribution >= 0.6 is 11.3 Å². The fourth-order valence-electron chi connectivity index (χ4n) is 2.43. The molecule has 4 nitrogen and oxygen atoms in total. The molecule has 0 aliphatic carbocycles. The van der Waals surface area contributed by atoms with Gasteiger partial charge in [-0.1, -0.05) is 30.3 Å². The first-order valence-electron chi connectivity index (χ1n) is 6.79. The maximum absolute atomic E-state index is 12.6. The lowest BCUT2D eigenvalue weighted by Gasteiger charge is -2.03. The fraction of sp³-hybridized carbons (Fsp3) is 0. The van der Waals surface area contributed by atoms with Crippen LogP contribution in [0.1, 0.15) is 15.9 Å². The number of carbonyl (C=O) groups is 1. The molecule has 0 aliphatic rings. The summed E-state index contributed by atoms with van der Waals surface area (Å²) in [5, 5.41) is 8.42. The molecule has 1 aromatic carbocycles. The van der Waals surface area contributed by atoms with E-state index in [1.807, 2.05) is 35.7 Å². The lowest BCUT2D eigenvalue weighted by molar-refractivity contribution is 0.104. The van der Waals surface area contributed by atoms with Gasteiger partial charge in [-0.15, -0.1) is 0 Å². The fourth-order valence-corrected chi connectivity index (χ4v) is 3.08. The Labute approximate surface area is 130 Å². The minimum atomic E-state index is -0.0643. The monoisotopic (exact) mass is 305 g/mol. The molecular formula is C17H11N3OS. The first kappa shape index (κ1) is 12.9. The van der Waals surface area contributed by atoms with Gasteiger partial charge in [0, 0.05) is 22.7 Å². The second-order valence-electron chi connectivity index (χ2n) is 4.83. The van der Waals surface area contributed by atoms with Gasteiger partial charge in [-0.2, -0.15) is 16.4 Å². The number of aromatic nitrogens is 3. The Morgan fingerprint density at radius 3 is 2.73 bits per heavy atom. The zero-order valence-corrected chi connectivity index (χ0v) is 12.3. The number of rotatable bonds is 3. The Bertz CT molecular complexity index is 943. The Morgan fingerprint density at radius 2 is 1.95 bits per heavy atom. The number of nitrogens with zero attached hydrogens (tertiary/aromatic N) is 3. The first-order valence-corrected chi connectivity index (χ1v) is 7.74. The maximum Gasteiger partial charge on any atom is 0.198 e. The zero-order valence-electron chi connectivity index (χ0n) is 11.5. The summed E-state index contributed by atoms with van der Waals surface area (Å²) in [6.07, 6.45) is 3.30. The standard InChI is InChI=1S/C17H11N3OS/c21-16(12-4-2-1-3-5-12)14-10-19-20-15(6-8-18-17(14)20)13-7-9-22-11-13/h1-11H. The minimum absolute atomic E-state index is 0.0643. The molecule has 4 aromatic rings. The predicted octanol–water partition coefficient (Wildman–Crippen LogP) is 3.69. The van der Waals surface area contributed by atoms with Gasteiger partial charge in [0.25, 0.3) is 0 Å². The van der Waals surface area contributed by atoms with Gasteiger partial charge >= 0.3 is 0 Å². The van der Waals surface area contributed by atoms with Gasteiger partial charge in [0.05, 0.1) is 17.5 Å². The van der Waals surface area contributed by atoms with E-state index in [2.05, 4.69) is 15.5 Å². The average Bonchev–Trinajstić information content (AvgIpc) is 3.24.